The first-order chi connectivity index (χ1) is 9.47. The van der Waals surface area contributed by atoms with Gasteiger partial charge in [-0.1, -0.05) is 20.3 Å². The van der Waals surface area contributed by atoms with Gasteiger partial charge in [0.2, 0.25) is 0 Å². The van der Waals surface area contributed by atoms with Gasteiger partial charge in [0.1, 0.15) is 0 Å². The van der Waals surface area contributed by atoms with Crippen molar-refractivity contribution in [3.05, 3.63) is 0 Å². The fourth-order valence-corrected chi connectivity index (χ4v) is 4.14. The van der Waals surface area contributed by atoms with Gasteiger partial charge in [-0.3, -0.25) is 4.90 Å². The third-order valence-corrected chi connectivity index (χ3v) is 5.33. The molecule has 1 saturated heterocycles. The Morgan fingerprint density at radius 3 is 2.80 bits per heavy atom. The average molecular weight is 284 g/mol. The van der Waals surface area contributed by atoms with Gasteiger partial charge in [0.25, 0.3) is 0 Å². The van der Waals surface area contributed by atoms with Crippen molar-refractivity contribution in [1.82, 2.24) is 10.2 Å². The molecule has 0 aromatic carbocycles. The maximum atomic E-state index is 9.32. The van der Waals surface area contributed by atoms with Gasteiger partial charge in [-0.25, -0.2) is 0 Å². The van der Waals surface area contributed by atoms with Gasteiger partial charge in [-0.15, -0.1) is 0 Å². The monoisotopic (exact) mass is 284 g/mol. The van der Waals surface area contributed by atoms with Gasteiger partial charge >= 0.3 is 0 Å². The van der Waals surface area contributed by atoms with E-state index in [-0.39, 0.29) is 12.7 Å². The minimum absolute atomic E-state index is 0.00386. The molecular weight excluding hydrogens is 252 g/mol. The molecule has 2 fully saturated rings. The predicted molar refractivity (Wildman–Crippen MR) is 81.8 cm³/mol. The van der Waals surface area contributed by atoms with E-state index in [1.807, 2.05) is 0 Å². The van der Waals surface area contributed by atoms with E-state index in [9.17, 15) is 5.11 Å². The van der Waals surface area contributed by atoms with Gasteiger partial charge < -0.3 is 15.2 Å². The quantitative estimate of drug-likeness (QED) is 0.821. The fraction of sp³-hybridized carbons (Fsp3) is 1.00. The Morgan fingerprint density at radius 2 is 2.15 bits per heavy atom. The summed E-state index contributed by atoms with van der Waals surface area (Å²) in [4.78, 5) is 2.51. The van der Waals surface area contributed by atoms with Crippen molar-refractivity contribution in [2.24, 2.45) is 11.3 Å². The maximum Gasteiger partial charge on any atom is 0.0933 e. The first kappa shape index (κ1) is 16.2. The molecular formula is C16H32N2O2. The van der Waals surface area contributed by atoms with Crippen molar-refractivity contribution < 1.29 is 9.84 Å². The highest BCUT2D eigenvalue weighted by Crippen LogP contribution is 2.39. The van der Waals surface area contributed by atoms with Crippen LogP contribution < -0.4 is 5.32 Å². The largest absolute Gasteiger partial charge is 0.394 e. The van der Waals surface area contributed by atoms with Crippen molar-refractivity contribution >= 4 is 0 Å². The number of rotatable bonds is 4. The molecule has 0 aromatic heterocycles. The van der Waals surface area contributed by atoms with Gasteiger partial charge in [-0.05, 0) is 38.1 Å². The van der Waals surface area contributed by atoms with E-state index in [1.54, 1.807) is 0 Å². The highest BCUT2D eigenvalue weighted by Gasteiger charge is 2.39. The van der Waals surface area contributed by atoms with Crippen LogP contribution >= 0.6 is 0 Å². The molecule has 0 aromatic rings. The van der Waals surface area contributed by atoms with Crippen LogP contribution in [-0.4, -0.2) is 61.5 Å². The van der Waals surface area contributed by atoms with E-state index in [0.717, 1.165) is 19.7 Å². The standard InChI is InChI=1S/C16H32N2O2/c1-12-11-20-14(10-19)9-18(12)8-13-6-5-7-16(2,3)15(13)17-4/h12-15,17,19H,5-11H2,1-4H3. The van der Waals surface area contributed by atoms with E-state index < -0.39 is 0 Å². The molecule has 4 heteroatoms. The van der Waals surface area contributed by atoms with E-state index in [4.69, 9.17) is 4.74 Å². The molecule has 1 aliphatic heterocycles. The van der Waals surface area contributed by atoms with Gasteiger partial charge in [0.05, 0.1) is 19.3 Å². The van der Waals surface area contributed by atoms with Crippen LogP contribution in [0.2, 0.25) is 0 Å². The lowest BCUT2D eigenvalue weighted by Crippen LogP contribution is -2.56. The van der Waals surface area contributed by atoms with Crippen LogP contribution in [0.4, 0.5) is 0 Å². The number of nitrogens with zero attached hydrogens (tertiary/aromatic N) is 1. The molecule has 0 spiro atoms. The Kier molecular flexibility index (Phi) is 5.46. The summed E-state index contributed by atoms with van der Waals surface area (Å²) in [5.41, 5.74) is 0.379. The lowest BCUT2D eigenvalue weighted by Gasteiger charge is -2.47. The normalized spacial score (nSPS) is 38.9. The summed E-state index contributed by atoms with van der Waals surface area (Å²) < 4.78 is 5.65. The van der Waals surface area contributed by atoms with Crippen molar-refractivity contribution in [2.45, 2.75) is 58.2 Å². The first-order valence-electron chi connectivity index (χ1n) is 8.11. The second kappa shape index (κ2) is 6.73. The topological polar surface area (TPSA) is 44.7 Å². The smallest absolute Gasteiger partial charge is 0.0933 e. The number of aliphatic hydroxyl groups is 1. The summed E-state index contributed by atoms with van der Waals surface area (Å²) in [5, 5.41) is 12.9. The summed E-state index contributed by atoms with van der Waals surface area (Å²) in [6.07, 6.45) is 3.95. The van der Waals surface area contributed by atoms with E-state index >= 15 is 0 Å². The second-order valence-corrected chi connectivity index (χ2v) is 7.35. The lowest BCUT2D eigenvalue weighted by molar-refractivity contribution is -0.0860. The van der Waals surface area contributed by atoms with Crippen LogP contribution in [0, 0.1) is 11.3 Å². The van der Waals surface area contributed by atoms with Crippen LogP contribution in [-0.2, 0) is 4.74 Å². The Labute approximate surface area is 123 Å². The van der Waals surface area contributed by atoms with Crippen LogP contribution in [0.3, 0.4) is 0 Å². The highest BCUT2D eigenvalue weighted by atomic mass is 16.5. The molecule has 0 amide bonds. The number of morpholine rings is 1. The summed E-state index contributed by atoms with van der Waals surface area (Å²) in [6.45, 7) is 9.87. The molecule has 4 atom stereocenters. The number of nitrogens with one attached hydrogen (secondary N) is 1. The Morgan fingerprint density at radius 1 is 1.40 bits per heavy atom. The number of hydrogen-bond donors (Lipinski definition) is 2. The number of aliphatic hydroxyl groups excluding tert-OH is 1. The molecule has 4 unspecified atom stereocenters. The molecule has 0 bridgehead atoms. The molecule has 118 valence electrons. The zero-order valence-corrected chi connectivity index (χ0v) is 13.6. The summed E-state index contributed by atoms with van der Waals surface area (Å²) >= 11 is 0. The number of ether oxygens (including phenoxy) is 1. The molecule has 1 saturated carbocycles. The third kappa shape index (κ3) is 3.53. The Bertz CT molecular complexity index is 309. The van der Waals surface area contributed by atoms with Crippen molar-refractivity contribution in [1.29, 1.82) is 0 Å². The Balaban J connectivity index is 1.99. The highest BCUT2D eigenvalue weighted by molar-refractivity contribution is 4.94. The molecule has 20 heavy (non-hydrogen) atoms. The SMILES string of the molecule is CNC1C(CN2CC(CO)OCC2C)CCCC1(C)C. The van der Waals surface area contributed by atoms with E-state index in [1.165, 1.54) is 19.3 Å². The van der Waals surface area contributed by atoms with Crippen LogP contribution in [0.5, 0.6) is 0 Å². The fourth-order valence-electron chi connectivity index (χ4n) is 4.14. The predicted octanol–water partition coefficient (Wildman–Crippen LogP) is 1.48. The minimum Gasteiger partial charge on any atom is -0.394 e. The zero-order chi connectivity index (χ0) is 14.8. The summed E-state index contributed by atoms with van der Waals surface area (Å²) in [5.74, 6) is 0.698. The molecule has 2 aliphatic rings. The minimum atomic E-state index is -0.00386. The van der Waals surface area contributed by atoms with Crippen molar-refractivity contribution in [3.63, 3.8) is 0 Å². The zero-order valence-electron chi connectivity index (χ0n) is 13.6. The van der Waals surface area contributed by atoms with Crippen LogP contribution in [0.25, 0.3) is 0 Å². The van der Waals surface area contributed by atoms with Crippen LogP contribution in [0.1, 0.15) is 40.0 Å². The average Bonchev–Trinajstić information content (AvgIpc) is 2.40. The molecule has 4 nitrogen and oxygen atoms in total. The number of hydrogen-bond acceptors (Lipinski definition) is 4. The lowest BCUT2D eigenvalue weighted by atomic mass is 9.67. The third-order valence-electron chi connectivity index (χ3n) is 5.33. The van der Waals surface area contributed by atoms with E-state index in [2.05, 4.69) is 38.0 Å². The molecule has 1 heterocycles. The molecule has 1 aliphatic carbocycles. The first-order valence-corrected chi connectivity index (χ1v) is 8.11. The van der Waals surface area contributed by atoms with Crippen LogP contribution in [0.15, 0.2) is 0 Å². The summed E-state index contributed by atoms with van der Waals surface area (Å²) in [6, 6.07) is 1.04. The second-order valence-electron chi connectivity index (χ2n) is 7.35. The summed E-state index contributed by atoms with van der Waals surface area (Å²) in [7, 11) is 2.10. The maximum absolute atomic E-state index is 9.32. The van der Waals surface area contributed by atoms with Gasteiger partial charge in [0.15, 0.2) is 0 Å². The van der Waals surface area contributed by atoms with Gasteiger partial charge in [-0.2, -0.15) is 0 Å². The van der Waals surface area contributed by atoms with Crippen molar-refractivity contribution in [3.8, 4) is 0 Å². The van der Waals surface area contributed by atoms with E-state index in [0.29, 0.717) is 23.4 Å². The van der Waals surface area contributed by atoms with Crippen molar-refractivity contribution in [2.75, 3.05) is 33.4 Å². The molecule has 2 rings (SSSR count). The molecule has 2 N–H and O–H groups in total. The Hall–Kier alpha value is -0.160. The van der Waals surface area contributed by atoms with Gasteiger partial charge in [0, 0.05) is 25.2 Å². The molecule has 0 radical (unpaired) electrons.